The molecule has 6 heteroatoms. The minimum Gasteiger partial charge on any atom is -0.339 e. The first-order valence-corrected chi connectivity index (χ1v) is 9.67. The standard InChI is InChI=1S/C24H16N4O2/c1-13-10-11-19-18(12-13)20-14-6-2-3-7-15(14)22(26-21(20)25-19)28-24(30)17-9-5-4-8-16(17)23(29)27-28/h2-12H,1H3,(H,25,26)(H,27,29). The normalized spacial score (nSPS) is 11.8. The highest BCUT2D eigenvalue weighted by atomic mass is 16.2. The van der Waals surface area contributed by atoms with Crippen LogP contribution in [-0.2, 0) is 0 Å². The van der Waals surface area contributed by atoms with E-state index in [4.69, 9.17) is 4.98 Å². The average Bonchev–Trinajstić information content (AvgIpc) is 3.13. The molecule has 2 N–H and O–H groups in total. The van der Waals surface area contributed by atoms with Gasteiger partial charge in [0.25, 0.3) is 11.1 Å². The smallest absolute Gasteiger partial charge is 0.279 e. The molecular formula is C24H16N4O2. The van der Waals surface area contributed by atoms with E-state index in [2.05, 4.69) is 23.1 Å². The summed E-state index contributed by atoms with van der Waals surface area (Å²) in [6.07, 6.45) is 0. The van der Waals surface area contributed by atoms with E-state index in [0.29, 0.717) is 22.2 Å². The van der Waals surface area contributed by atoms with Crippen LogP contribution in [0.4, 0.5) is 0 Å². The van der Waals surface area contributed by atoms with Crippen molar-refractivity contribution in [3.05, 3.63) is 93.0 Å². The largest absolute Gasteiger partial charge is 0.339 e. The van der Waals surface area contributed by atoms with E-state index >= 15 is 0 Å². The van der Waals surface area contributed by atoms with Crippen molar-refractivity contribution in [2.24, 2.45) is 0 Å². The fourth-order valence-corrected chi connectivity index (χ4v) is 4.23. The summed E-state index contributed by atoms with van der Waals surface area (Å²) in [4.78, 5) is 34.0. The molecule has 6 rings (SSSR count). The van der Waals surface area contributed by atoms with Gasteiger partial charge in [0.2, 0.25) is 0 Å². The Morgan fingerprint density at radius 1 is 0.800 bits per heavy atom. The quantitative estimate of drug-likeness (QED) is 0.440. The van der Waals surface area contributed by atoms with Crippen LogP contribution in [0.3, 0.4) is 0 Å². The number of aromatic amines is 2. The number of pyridine rings is 1. The molecule has 0 aliphatic heterocycles. The first kappa shape index (κ1) is 16.7. The molecular weight excluding hydrogens is 376 g/mol. The number of hydrogen-bond acceptors (Lipinski definition) is 3. The van der Waals surface area contributed by atoms with Crippen molar-refractivity contribution in [2.45, 2.75) is 6.92 Å². The molecule has 0 aliphatic rings. The van der Waals surface area contributed by atoms with E-state index in [-0.39, 0.29) is 11.1 Å². The SMILES string of the molecule is Cc1ccc2[nH]c3nc(-n4[nH]c(=O)c5ccccc5c4=O)c4ccccc4c3c2c1. The number of hydrogen-bond donors (Lipinski definition) is 2. The second-order valence-corrected chi connectivity index (χ2v) is 7.51. The molecule has 0 unspecified atom stereocenters. The second-order valence-electron chi connectivity index (χ2n) is 7.51. The van der Waals surface area contributed by atoms with Gasteiger partial charge in [-0.15, -0.1) is 0 Å². The summed E-state index contributed by atoms with van der Waals surface area (Å²) in [5.41, 5.74) is 2.17. The number of nitrogens with zero attached hydrogens (tertiary/aromatic N) is 2. The van der Waals surface area contributed by atoms with E-state index in [9.17, 15) is 9.59 Å². The third-order valence-electron chi connectivity index (χ3n) is 5.62. The molecule has 0 bridgehead atoms. The maximum atomic E-state index is 13.2. The van der Waals surface area contributed by atoms with Gasteiger partial charge >= 0.3 is 0 Å². The first-order chi connectivity index (χ1) is 14.6. The van der Waals surface area contributed by atoms with Gasteiger partial charge in [-0.1, -0.05) is 48.0 Å². The third kappa shape index (κ3) is 2.21. The highest BCUT2D eigenvalue weighted by Crippen LogP contribution is 2.33. The van der Waals surface area contributed by atoms with Crippen molar-refractivity contribution in [1.82, 2.24) is 19.7 Å². The molecule has 3 heterocycles. The van der Waals surface area contributed by atoms with Crippen LogP contribution in [0, 0.1) is 6.92 Å². The van der Waals surface area contributed by atoms with Crippen LogP contribution in [0.25, 0.3) is 49.3 Å². The van der Waals surface area contributed by atoms with Crippen LogP contribution in [0.5, 0.6) is 0 Å². The molecule has 3 aromatic heterocycles. The Morgan fingerprint density at radius 3 is 2.30 bits per heavy atom. The Bertz CT molecular complexity index is 1760. The minimum absolute atomic E-state index is 0.311. The van der Waals surface area contributed by atoms with E-state index < -0.39 is 0 Å². The molecule has 0 aliphatic carbocycles. The summed E-state index contributed by atoms with van der Waals surface area (Å²) in [5, 5.41) is 7.28. The van der Waals surface area contributed by atoms with E-state index in [1.54, 1.807) is 24.3 Å². The Balaban J connectivity index is 1.82. The molecule has 6 aromatic rings. The summed E-state index contributed by atoms with van der Waals surface area (Å²) in [7, 11) is 0. The number of H-pyrrole nitrogens is 2. The molecule has 0 radical (unpaired) electrons. The number of nitrogens with one attached hydrogen (secondary N) is 2. The first-order valence-electron chi connectivity index (χ1n) is 9.67. The van der Waals surface area contributed by atoms with Crippen LogP contribution in [0.1, 0.15) is 5.56 Å². The average molecular weight is 392 g/mol. The van der Waals surface area contributed by atoms with Gasteiger partial charge in [-0.2, -0.15) is 4.68 Å². The van der Waals surface area contributed by atoms with Crippen molar-refractivity contribution in [1.29, 1.82) is 0 Å². The fraction of sp³-hybridized carbons (Fsp3) is 0.0417. The predicted molar refractivity (Wildman–Crippen MR) is 120 cm³/mol. The van der Waals surface area contributed by atoms with Crippen molar-refractivity contribution < 1.29 is 0 Å². The van der Waals surface area contributed by atoms with Gasteiger partial charge in [-0.05, 0) is 36.6 Å². The molecule has 0 spiro atoms. The number of benzene rings is 3. The summed E-state index contributed by atoms with van der Waals surface area (Å²) < 4.78 is 1.25. The van der Waals surface area contributed by atoms with Crippen LogP contribution in [0.15, 0.2) is 76.3 Å². The molecule has 0 saturated carbocycles. The number of aryl methyl sites for hydroxylation is 1. The topological polar surface area (TPSA) is 83.5 Å². The van der Waals surface area contributed by atoms with Gasteiger partial charge in [0, 0.05) is 21.7 Å². The fourth-order valence-electron chi connectivity index (χ4n) is 4.23. The molecule has 0 saturated heterocycles. The van der Waals surface area contributed by atoms with E-state index in [1.165, 1.54) is 4.68 Å². The lowest BCUT2D eigenvalue weighted by atomic mass is 10.0. The lowest BCUT2D eigenvalue weighted by Crippen LogP contribution is -2.29. The maximum absolute atomic E-state index is 13.2. The van der Waals surface area contributed by atoms with E-state index in [1.807, 2.05) is 36.4 Å². The van der Waals surface area contributed by atoms with Gasteiger partial charge < -0.3 is 4.98 Å². The highest BCUT2D eigenvalue weighted by Gasteiger charge is 2.17. The summed E-state index contributed by atoms with van der Waals surface area (Å²) in [5.74, 6) is 0.397. The van der Waals surface area contributed by atoms with Crippen molar-refractivity contribution in [3.8, 4) is 5.82 Å². The molecule has 30 heavy (non-hydrogen) atoms. The molecule has 0 fully saturated rings. The lowest BCUT2D eigenvalue weighted by molar-refractivity contribution is 0.787. The zero-order chi connectivity index (χ0) is 20.4. The molecule has 6 nitrogen and oxygen atoms in total. The zero-order valence-electron chi connectivity index (χ0n) is 16.1. The van der Waals surface area contributed by atoms with Gasteiger partial charge in [-0.25, -0.2) is 4.98 Å². The van der Waals surface area contributed by atoms with Crippen molar-refractivity contribution >= 4 is 43.5 Å². The number of rotatable bonds is 1. The Kier molecular flexibility index (Phi) is 3.29. The van der Waals surface area contributed by atoms with Gasteiger partial charge in [0.1, 0.15) is 5.65 Å². The van der Waals surface area contributed by atoms with Gasteiger partial charge in [0.15, 0.2) is 5.82 Å². The summed E-state index contributed by atoms with van der Waals surface area (Å²) >= 11 is 0. The third-order valence-corrected chi connectivity index (χ3v) is 5.62. The Labute approximate surface area is 169 Å². The van der Waals surface area contributed by atoms with Crippen LogP contribution < -0.4 is 11.1 Å². The minimum atomic E-state index is -0.330. The Hall–Kier alpha value is -4.19. The number of fused-ring (bicyclic) bond motifs is 6. The monoisotopic (exact) mass is 392 g/mol. The molecule has 0 atom stereocenters. The lowest BCUT2D eigenvalue weighted by Gasteiger charge is -2.10. The molecule has 0 amide bonds. The van der Waals surface area contributed by atoms with Gasteiger partial charge in [0.05, 0.1) is 10.8 Å². The summed E-state index contributed by atoms with van der Waals surface area (Å²) in [6, 6.07) is 20.8. The van der Waals surface area contributed by atoms with Crippen molar-refractivity contribution in [2.75, 3.05) is 0 Å². The predicted octanol–water partition coefficient (Wildman–Crippen LogP) is 4.17. The maximum Gasteiger partial charge on any atom is 0.279 e. The summed E-state index contributed by atoms with van der Waals surface area (Å²) in [6.45, 7) is 2.06. The van der Waals surface area contributed by atoms with Crippen molar-refractivity contribution in [3.63, 3.8) is 0 Å². The zero-order valence-corrected chi connectivity index (χ0v) is 16.1. The van der Waals surface area contributed by atoms with Gasteiger partial charge in [-0.3, -0.25) is 14.7 Å². The van der Waals surface area contributed by atoms with Crippen LogP contribution >= 0.6 is 0 Å². The van der Waals surface area contributed by atoms with Crippen LogP contribution in [0.2, 0.25) is 0 Å². The molecule has 144 valence electrons. The highest BCUT2D eigenvalue weighted by molar-refractivity contribution is 6.20. The Morgan fingerprint density at radius 2 is 1.50 bits per heavy atom. The second kappa shape index (κ2) is 5.90. The van der Waals surface area contributed by atoms with E-state index in [0.717, 1.165) is 32.6 Å². The van der Waals surface area contributed by atoms with Crippen LogP contribution in [-0.4, -0.2) is 19.7 Å². The number of aromatic nitrogens is 4. The molecule has 3 aromatic carbocycles.